The lowest BCUT2D eigenvalue weighted by Crippen LogP contribution is -2.40. The Balaban J connectivity index is 2.18. The first-order chi connectivity index (χ1) is 9.65. The molecule has 0 saturated carbocycles. The summed E-state index contributed by atoms with van der Waals surface area (Å²) in [4.78, 5) is 25.1. The number of hydrogen-bond acceptors (Lipinski definition) is 3. The van der Waals surface area contributed by atoms with E-state index in [9.17, 15) is 14.7 Å². The maximum atomic E-state index is 12.2. The van der Waals surface area contributed by atoms with E-state index in [1.807, 2.05) is 13.0 Å². The molecule has 5 heteroatoms. The molecule has 0 bridgehead atoms. The van der Waals surface area contributed by atoms with Crippen LogP contribution in [0.3, 0.4) is 0 Å². The van der Waals surface area contributed by atoms with E-state index in [0.29, 0.717) is 30.8 Å². The zero-order chi connectivity index (χ0) is 14.5. The number of carboxylic acids is 1. The fraction of sp³-hybridized carbons (Fsp3) is 0.467. The Labute approximate surface area is 118 Å². The van der Waals surface area contributed by atoms with E-state index >= 15 is 0 Å². The maximum absolute atomic E-state index is 12.2. The number of carbonyl (C=O) groups excluding carboxylic acids is 1. The second-order valence-corrected chi connectivity index (χ2v) is 4.84. The molecule has 108 valence electrons. The molecule has 0 saturated heterocycles. The van der Waals surface area contributed by atoms with E-state index in [1.165, 1.54) is 0 Å². The van der Waals surface area contributed by atoms with E-state index < -0.39 is 11.9 Å². The van der Waals surface area contributed by atoms with Gasteiger partial charge in [-0.3, -0.25) is 9.59 Å². The topological polar surface area (TPSA) is 66.8 Å². The Bertz CT molecular complexity index is 500. The summed E-state index contributed by atoms with van der Waals surface area (Å²) in [7, 11) is 0. The molecule has 0 spiro atoms. The fourth-order valence-corrected chi connectivity index (χ4v) is 2.46. The highest BCUT2D eigenvalue weighted by Crippen LogP contribution is 2.35. The van der Waals surface area contributed by atoms with E-state index in [4.69, 9.17) is 4.74 Å². The SMILES string of the molecule is CCCOCC(=O)N1CCC(C(=O)O)c2ccccc21. The number of hydrogen-bond donors (Lipinski definition) is 1. The summed E-state index contributed by atoms with van der Waals surface area (Å²) in [5.74, 6) is -1.49. The average molecular weight is 277 g/mol. The molecule has 0 radical (unpaired) electrons. The number of carbonyl (C=O) groups is 2. The van der Waals surface area contributed by atoms with Crippen LogP contribution < -0.4 is 4.90 Å². The van der Waals surface area contributed by atoms with Crippen molar-refractivity contribution in [1.29, 1.82) is 0 Å². The van der Waals surface area contributed by atoms with Crippen molar-refractivity contribution in [3.63, 3.8) is 0 Å². The van der Waals surface area contributed by atoms with Gasteiger partial charge < -0.3 is 14.7 Å². The lowest BCUT2D eigenvalue weighted by molar-refractivity contribution is -0.139. The minimum absolute atomic E-state index is 0.0416. The highest BCUT2D eigenvalue weighted by atomic mass is 16.5. The molecule has 1 aliphatic rings. The van der Waals surface area contributed by atoms with E-state index in [0.717, 1.165) is 6.42 Å². The number of nitrogens with zero attached hydrogens (tertiary/aromatic N) is 1. The first-order valence-electron chi connectivity index (χ1n) is 6.85. The van der Waals surface area contributed by atoms with E-state index in [-0.39, 0.29) is 12.5 Å². The predicted molar refractivity (Wildman–Crippen MR) is 74.9 cm³/mol. The second-order valence-electron chi connectivity index (χ2n) is 4.84. The quantitative estimate of drug-likeness (QED) is 0.836. The zero-order valence-corrected chi connectivity index (χ0v) is 11.5. The smallest absolute Gasteiger partial charge is 0.311 e. The highest BCUT2D eigenvalue weighted by molar-refractivity contribution is 5.97. The Hall–Kier alpha value is -1.88. The molecular formula is C15H19NO4. The van der Waals surface area contributed by atoms with E-state index in [1.54, 1.807) is 23.1 Å². The van der Waals surface area contributed by atoms with Crippen LogP contribution in [0.5, 0.6) is 0 Å². The number of para-hydroxylation sites is 1. The molecule has 20 heavy (non-hydrogen) atoms. The molecule has 1 aliphatic heterocycles. The summed E-state index contributed by atoms with van der Waals surface area (Å²) in [6, 6.07) is 7.19. The van der Waals surface area contributed by atoms with Crippen molar-refractivity contribution in [2.24, 2.45) is 0 Å². The number of ether oxygens (including phenoxy) is 1. The van der Waals surface area contributed by atoms with Crippen LogP contribution in [0, 0.1) is 0 Å². The summed E-state index contributed by atoms with van der Waals surface area (Å²) in [5, 5.41) is 9.26. The third-order valence-corrected chi connectivity index (χ3v) is 3.42. The molecule has 1 heterocycles. The van der Waals surface area contributed by atoms with Crippen LogP contribution in [0.2, 0.25) is 0 Å². The number of anilines is 1. The molecule has 1 aromatic rings. The molecule has 2 rings (SSSR count). The molecular weight excluding hydrogens is 258 g/mol. The van der Waals surface area contributed by atoms with Crippen LogP contribution in [0.25, 0.3) is 0 Å². The molecule has 1 atom stereocenters. The Morgan fingerprint density at radius 2 is 2.15 bits per heavy atom. The summed E-state index contributed by atoms with van der Waals surface area (Å²) >= 11 is 0. The van der Waals surface area contributed by atoms with Crippen LogP contribution in [0.1, 0.15) is 31.2 Å². The van der Waals surface area contributed by atoms with Gasteiger partial charge >= 0.3 is 5.97 Å². The number of amides is 1. The summed E-state index contributed by atoms with van der Waals surface area (Å²) in [5.41, 5.74) is 1.39. The number of benzene rings is 1. The van der Waals surface area contributed by atoms with Gasteiger partial charge in [0, 0.05) is 18.8 Å². The maximum Gasteiger partial charge on any atom is 0.311 e. The number of carboxylic acid groups (broad SMARTS) is 1. The highest BCUT2D eigenvalue weighted by Gasteiger charge is 2.32. The average Bonchev–Trinajstić information content (AvgIpc) is 2.46. The first-order valence-corrected chi connectivity index (χ1v) is 6.85. The second kappa shape index (κ2) is 6.52. The lowest BCUT2D eigenvalue weighted by atomic mass is 9.90. The van der Waals surface area contributed by atoms with Crippen molar-refractivity contribution < 1.29 is 19.4 Å². The van der Waals surface area contributed by atoms with Crippen LogP contribution in [0.15, 0.2) is 24.3 Å². The normalized spacial score (nSPS) is 17.6. The first kappa shape index (κ1) is 14.5. The Kier molecular flexibility index (Phi) is 4.74. The minimum Gasteiger partial charge on any atom is -0.481 e. The largest absolute Gasteiger partial charge is 0.481 e. The van der Waals surface area contributed by atoms with Crippen molar-refractivity contribution >= 4 is 17.6 Å². The van der Waals surface area contributed by atoms with Crippen LogP contribution in [0.4, 0.5) is 5.69 Å². The number of fused-ring (bicyclic) bond motifs is 1. The lowest BCUT2D eigenvalue weighted by Gasteiger charge is -2.32. The van der Waals surface area contributed by atoms with Crippen molar-refractivity contribution in [3.05, 3.63) is 29.8 Å². The molecule has 1 unspecified atom stereocenters. The molecule has 1 N–H and O–H groups in total. The molecule has 1 amide bonds. The van der Waals surface area contributed by atoms with Gasteiger partial charge in [-0.2, -0.15) is 0 Å². The van der Waals surface area contributed by atoms with Gasteiger partial charge in [-0.15, -0.1) is 0 Å². The van der Waals surface area contributed by atoms with E-state index in [2.05, 4.69) is 0 Å². The summed E-state index contributed by atoms with van der Waals surface area (Å²) in [6.45, 7) is 3.00. The van der Waals surface area contributed by atoms with Gasteiger partial charge in [-0.25, -0.2) is 0 Å². The number of aliphatic carboxylic acids is 1. The molecule has 0 fully saturated rings. The monoisotopic (exact) mass is 277 g/mol. The molecule has 5 nitrogen and oxygen atoms in total. The number of rotatable bonds is 5. The van der Waals surface area contributed by atoms with Crippen LogP contribution in [-0.2, 0) is 14.3 Å². The van der Waals surface area contributed by atoms with Gasteiger partial charge in [0.1, 0.15) is 6.61 Å². The van der Waals surface area contributed by atoms with Crippen molar-refractivity contribution in [2.75, 3.05) is 24.7 Å². The van der Waals surface area contributed by atoms with Gasteiger partial charge in [0.15, 0.2) is 0 Å². The van der Waals surface area contributed by atoms with Gasteiger partial charge in [0.2, 0.25) is 0 Å². The Morgan fingerprint density at radius 3 is 2.85 bits per heavy atom. The van der Waals surface area contributed by atoms with Gasteiger partial charge in [-0.1, -0.05) is 25.1 Å². The zero-order valence-electron chi connectivity index (χ0n) is 11.5. The van der Waals surface area contributed by atoms with Crippen LogP contribution in [-0.4, -0.2) is 36.7 Å². The third kappa shape index (κ3) is 2.99. The van der Waals surface area contributed by atoms with Crippen molar-refractivity contribution in [2.45, 2.75) is 25.7 Å². The van der Waals surface area contributed by atoms with Gasteiger partial charge in [0.05, 0.1) is 5.92 Å². The van der Waals surface area contributed by atoms with Gasteiger partial charge in [-0.05, 0) is 24.5 Å². The van der Waals surface area contributed by atoms with Crippen molar-refractivity contribution in [1.82, 2.24) is 0 Å². The van der Waals surface area contributed by atoms with Crippen molar-refractivity contribution in [3.8, 4) is 0 Å². The summed E-state index contributed by atoms with van der Waals surface area (Å²) in [6.07, 6.45) is 1.30. The minimum atomic E-state index is -0.841. The molecule has 1 aromatic carbocycles. The third-order valence-electron chi connectivity index (χ3n) is 3.42. The predicted octanol–water partition coefficient (Wildman–Crippen LogP) is 2.02. The van der Waals surface area contributed by atoms with Gasteiger partial charge in [0.25, 0.3) is 5.91 Å². The molecule has 0 aromatic heterocycles. The standard InChI is InChI=1S/C15H19NO4/c1-2-9-20-10-14(17)16-8-7-12(15(18)19)11-5-3-4-6-13(11)16/h3-6,12H,2,7-10H2,1H3,(H,18,19). The molecule has 0 aliphatic carbocycles. The Morgan fingerprint density at radius 1 is 1.40 bits per heavy atom. The fourth-order valence-electron chi connectivity index (χ4n) is 2.46. The van der Waals surface area contributed by atoms with Crippen LogP contribution >= 0.6 is 0 Å². The summed E-state index contributed by atoms with van der Waals surface area (Å²) < 4.78 is 5.28.